The van der Waals surface area contributed by atoms with Gasteiger partial charge in [0.2, 0.25) is 5.91 Å². The normalized spacial score (nSPS) is 24.9. The number of fused-ring (bicyclic) bond motifs is 1. The molecule has 1 atom stereocenters. The van der Waals surface area contributed by atoms with E-state index in [0.29, 0.717) is 42.0 Å². The number of piperazine rings is 1. The summed E-state index contributed by atoms with van der Waals surface area (Å²) in [6.07, 6.45) is 7.77. The van der Waals surface area contributed by atoms with Crippen LogP contribution in [0.4, 0.5) is 0 Å². The van der Waals surface area contributed by atoms with Gasteiger partial charge < -0.3 is 10.1 Å². The second kappa shape index (κ2) is 9.88. The third-order valence-corrected chi connectivity index (χ3v) is 7.70. The third-order valence-electron chi connectivity index (χ3n) is 7.70. The van der Waals surface area contributed by atoms with Crippen LogP contribution in [0, 0.1) is 0 Å². The standard InChI is InChI=1S/C26H34N4O4/c1-18-7-10-23(24(31)27-18)30-25(32)21-9-8-20(17-22(21)26(30)33)34-16-15-28-11-13-29(14-12-28)19-5-3-2-4-6-19/h8-9,17,19,23H,1-7,10-16H2,(H,27,31). The highest BCUT2D eigenvalue weighted by Gasteiger charge is 2.44. The molecule has 5 rings (SSSR count). The van der Waals surface area contributed by atoms with Gasteiger partial charge in [-0.1, -0.05) is 25.8 Å². The van der Waals surface area contributed by atoms with Gasteiger partial charge >= 0.3 is 0 Å². The van der Waals surface area contributed by atoms with Crippen LogP contribution in [-0.4, -0.2) is 83.8 Å². The molecule has 1 N–H and O–H groups in total. The van der Waals surface area contributed by atoms with Gasteiger partial charge in [-0.15, -0.1) is 0 Å². The predicted molar refractivity (Wildman–Crippen MR) is 128 cm³/mol. The van der Waals surface area contributed by atoms with E-state index in [9.17, 15) is 14.4 Å². The summed E-state index contributed by atoms with van der Waals surface area (Å²) in [6, 6.07) is 4.98. The Labute approximate surface area is 200 Å². The lowest BCUT2D eigenvalue weighted by Crippen LogP contribution is -2.51. The molecule has 0 spiro atoms. The smallest absolute Gasteiger partial charge is 0.262 e. The maximum absolute atomic E-state index is 13.0. The number of amides is 3. The molecule has 0 radical (unpaired) electrons. The van der Waals surface area contributed by atoms with Crippen molar-refractivity contribution >= 4 is 17.7 Å². The van der Waals surface area contributed by atoms with Crippen LogP contribution >= 0.6 is 0 Å². The number of hydrogen-bond donors (Lipinski definition) is 1. The van der Waals surface area contributed by atoms with E-state index in [1.165, 1.54) is 32.1 Å². The molecule has 34 heavy (non-hydrogen) atoms. The van der Waals surface area contributed by atoms with Gasteiger partial charge in [0.05, 0.1) is 11.1 Å². The number of piperidine rings is 1. The van der Waals surface area contributed by atoms with Crippen LogP contribution in [-0.2, 0) is 4.79 Å². The van der Waals surface area contributed by atoms with Gasteiger partial charge in [-0.3, -0.25) is 29.1 Å². The first-order chi connectivity index (χ1) is 16.5. The average molecular weight is 467 g/mol. The monoisotopic (exact) mass is 466 g/mol. The molecule has 0 aromatic heterocycles. The van der Waals surface area contributed by atoms with Gasteiger partial charge in [0.15, 0.2) is 0 Å². The van der Waals surface area contributed by atoms with Crippen molar-refractivity contribution in [2.75, 3.05) is 39.3 Å². The highest BCUT2D eigenvalue weighted by Crippen LogP contribution is 2.31. The molecule has 3 amide bonds. The molecule has 4 aliphatic rings. The Balaban J connectivity index is 1.13. The molecular formula is C26H34N4O4. The predicted octanol–water partition coefficient (Wildman–Crippen LogP) is 2.40. The Morgan fingerprint density at radius 3 is 2.41 bits per heavy atom. The van der Waals surface area contributed by atoms with Crippen molar-refractivity contribution in [1.29, 1.82) is 0 Å². The summed E-state index contributed by atoms with van der Waals surface area (Å²) in [5.41, 5.74) is 1.25. The highest BCUT2D eigenvalue weighted by atomic mass is 16.5. The Kier molecular flexibility index (Phi) is 6.70. The van der Waals surface area contributed by atoms with Crippen LogP contribution in [0.25, 0.3) is 0 Å². The van der Waals surface area contributed by atoms with E-state index in [1.54, 1.807) is 18.2 Å². The van der Waals surface area contributed by atoms with Crippen LogP contribution in [0.2, 0.25) is 0 Å². The molecular weight excluding hydrogens is 432 g/mol. The summed E-state index contributed by atoms with van der Waals surface area (Å²) in [5.74, 6) is -0.637. The number of nitrogens with one attached hydrogen (secondary N) is 1. The molecule has 182 valence electrons. The van der Waals surface area contributed by atoms with Crippen molar-refractivity contribution in [1.82, 2.24) is 20.0 Å². The SMILES string of the molecule is C=C1CCC(N2C(=O)c3ccc(OCCN4CCN(C5CCCCC5)CC4)cc3C2=O)C(=O)N1. The summed E-state index contributed by atoms with van der Waals surface area (Å²) < 4.78 is 5.95. The van der Waals surface area contributed by atoms with Crippen molar-refractivity contribution in [3.05, 3.63) is 41.6 Å². The molecule has 8 nitrogen and oxygen atoms in total. The fourth-order valence-corrected chi connectivity index (χ4v) is 5.71. The summed E-state index contributed by atoms with van der Waals surface area (Å²) in [6.45, 7) is 9.48. The maximum Gasteiger partial charge on any atom is 0.262 e. The molecule has 1 unspecified atom stereocenters. The molecule has 3 aliphatic heterocycles. The number of benzene rings is 1. The Bertz CT molecular complexity index is 979. The minimum atomic E-state index is -0.797. The van der Waals surface area contributed by atoms with E-state index in [-0.39, 0.29) is 5.91 Å². The Morgan fingerprint density at radius 1 is 0.941 bits per heavy atom. The average Bonchev–Trinajstić information content (AvgIpc) is 3.10. The van der Waals surface area contributed by atoms with Crippen molar-refractivity contribution in [3.63, 3.8) is 0 Å². The Hall–Kier alpha value is -2.71. The summed E-state index contributed by atoms with van der Waals surface area (Å²) in [4.78, 5) is 44.4. The zero-order valence-corrected chi connectivity index (χ0v) is 19.8. The van der Waals surface area contributed by atoms with Crippen LogP contribution in [0.1, 0.15) is 65.7 Å². The second-order valence-corrected chi connectivity index (χ2v) is 9.85. The van der Waals surface area contributed by atoms with Crippen molar-refractivity contribution in [2.24, 2.45) is 0 Å². The number of carbonyl (C=O) groups is 3. The third kappa shape index (κ3) is 4.61. The topological polar surface area (TPSA) is 82.2 Å². The zero-order valence-electron chi connectivity index (χ0n) is 19.8. The lowest BCUT2D eigenvalue weighted by molar-refractivity contribution is -0.125. The van der Waals surface area contributed by atoms with Crippen LogP contribution in [0.15, 0.2) is 30.5 Å². The Morgan fingerprint density at radius 2 is 1.68 bits per heavy atom. The molecule has 1 aromatic carbocycles. The van der Waals surface area contributed by atoms with Gasteiger partial charge in [-0.05, 0) is 43.9 Å². The minimum absolute atomic E-state index is 0.306. The summed E-state index contributed by atoms with van der Waals surface area (Å²) >= 11 is 0. The minimum Gasteiger partial charge on any atom is -0.492 e. The summed E-state index contributed by atoms with van der Waals surface area (Å²) in [7, 11) is 0. The van der Waals surface area contributed by atoms with Crippen LogP contribution in [0.3, 0.4) is 0 Å². The lowest BCUT2D eigenvalue weighted by Gasteiger charge is -2.40. The molecule has 0 bridgehead atoms. The van der Waals surface area contributed by atoms with E-state index >= 15 is 0 Å². The first kappa shape index (κ1) is 23.1. The van der Waals surface area contributed by atoms with Crippen LogP contribution in [0.5, 0.6) is 5.75 Å². The molecule has 1 saturated carbocycles. The van der Waals surface area contributed by atoms with Crippen LogP contribution < -0.4 is 10.1 Å². The molecule has 3 heterocycles. The van der Waals surface area contributed by atoms with Gasteiger partial charge in [0, 0.05) is 44.5 Å². The van der Waals surface area contributed by atoms with E-state index in [4.69, 9.17) is 4.74 Å². The van der Waals surface area contributed by atoms with Gasteiger partial charge in [0.1, 0.15) is 18.4 Å². The first-order valence-corrected chi connectivity index (χ1v) is 12.6. The van der Waals surface area contributed by atoms with E-state index in [2.05, 4.69) is 21.7 Å². The van der Waals surface area contributed by atoms with Crippen molar-refractivity contribution < 1.29 is 19.1 Å². The number of hydrogen-bond acceptors (Lipinski definition) is 6. The quantitative estimate of drug-likeness (QED) is 0.649. The van der Waals surface area contributed by atoms with Crippen molar-refractivity contribution in [2.45, 2.75) is 57.0 Å². The number of ether oxygens (including phenoxy) is 1. The molecule has 2 saturated heterocycles. The molecule has 3 fully saturated rings. The fourth-order valence-electron chi connectivity index (χ4n) is 5.71. The number of rotatable bonds is 6. The van der Waals surface area contributed by atoms with Crippen molar-refractivity contribution in [3.8, 4) is 5.75 Å². The van der Waals surface area contributed by atoms with E-state index in [1.807, 2.05) is 0 Å². The maximum atomic E-state index is 13.0. The lowest BCUT2D eigenvalue weighted by atomic mass is 9.94. The first-order valence-electron chi connectivity index (χ1n) is 12.6. The number of nitrogens with zero attached hydrogens (tertiary/aromatic N) is 3. The highest BCUT2D eigenvalue weighted by molar-refractivity contribution is 6.23. The van der Waals surface area contributed by atoms with E-state index < -0.39 is 17.9 Å². The van der Waals surface area contributed by atoms with E-state index in [0.717, 1.165) is 43.7 Å². The number of carbonyl (C=O) groups excluding carboxylic acids is 3. The largest absolute Gasteiger partial charge is 0.492 e. The second-order valence-electron chi connectivity index (χ2n) is 9.85. The fraction of sp³-hybridized carbons (Fsp3) is 0.577. The molecule has 1 aromatic rings. The number of allylic oxidation sites excluding steroid dienone is 1. The summed E-state index contributed by atoms with van der Waals surface area (Å²) in [5, 5.41) is 2.65. The molecule has 1 aliphatic carbocycles. The molecule has 8 heteroatoms. The number of imide groups is 1. The zero-order chi connectivity index (χ0) is 23.7. The van der Waals surface area contributed by atoms with Gasteiger partial charge in [0.25, 0.3) is 11.8 Å². The van der Waals surface area contributed by atoms with Gasteiger partial charge in [-0.2, -0.15) is 0 Å². The van der Waals surface area contributed by atoms with Gasteiger partial charge in [-0.25, -0.2) is 0 Å².